The molecule has 8 nitrogen and oxygen atoms in total. The van der Waals surface area contributed by atoms with E-state index in [1.165, 1.54) is 0 Å². The summed E-state index contributed by atoms with van der Waals surface area (Å²) in [5.41, 5.74) is 8.38. The number of nitrogens with one attached hydrogen (secondary N) is 3. The lowest BCUT2D eigenvalue weighted by molar-refractivity contribution is 0.0488. The number of carbonyl (C=O) groups excluding carboxylic acids is 2. The smallest absolute Gasteiger partial charge is 0.407 e. The number of amidine groups is 1. The number of nitrogen functional groups attached to an aromatic ring is 1. The van der Waals surface area contributed by atoms with Crippen molar-refractivity contribution in [3.8, 4) is 0 Å². The fourth-order valence-corrected chi connectivity index (χ4v) is 5.42. The van der Waals surface area contributed by atoms with Crippen LogP contribution in [0.1, 0.15) is 68.1 Å². The Morgan fingerprint density at radius 1 is 0.900 bits per heavy atom. The van der Waals surface area contributed by atoms with Crippen molar-refractivity contribution < 1.29 is 14.3 Å². The van der Waals surface area contributed by atoms with Crippen LogP contribution in [-0.4, -0.2) is 40.1 Å². The summed E-state index contributed by atoms with van der Waals surface area (Å²) in [5.74, 6) is -0.145. The molecule has 0 bridgehead atoms. The highest BCUT2D eigenvalue weighted by atomic mass is 16.6. The zero-order valence-corrected chi connectivity index (χ0v) is 23.3. The molecule has 208 valence electrons. The van der Waals surface area contributed by atoms with Gasteiger partial charge < -0.3 is 25.7 Å². The van der Waals surface area contributed by atoms with Crippen LogP contribution in [-0.2, 0) is 11.3 Å². The maximum atomic E-state index is 13.7. The largest absolute Gasteiger partial charge is 0.444 e. The first kappa shape index (κ1) is 27.2. The van der Waals surface area contributed by atoms with E-state index in [0.717, 1.165) is 52.9 Å². The van der Waals surface area contributed by atoms with Crippen LogP contribution in [0, 0.1) is 5.41 Å². The van der Waals surface area contributed by atoms with Crippen LogP contribution in [0.3, 0.4) is 0 Å². The predicted molar refractivity (Wildman–Crippen MR) is 159 cm³/mol. The van der Waals surface area contributed by atoms with Gasteiger partial charge in [-0.25, -0.2) is 4.79 Å². The Morgan fingerprint density at radius 3 is 2.23 bits per heavy atom. The van der Waals surface area contributed by atoms with Crippen molar-refractivity contribution >= 4 is 39.5 Å². The lowest BCUT2D eigenvalue weighted by Gasteiger charge is -2.30. The molecular formula is C32H37N5O3. The number of hydrogen-bond donors (Lipinski definition) is 4. The quantitative estimate of drug-likeness (QED) is 0.186. The molecule has 1 aromatic heterocycles. The van der Waals surface area contributed by atoms with E-state index in [2.05, 4.69) is 41.0 Å². The van der Waals surface area contributed by atoms with E-state index in [4.69, 9.17) is 15.9 Å². The molecule has 0 aliphatic heterocycles. The standard InChI is InChI=1S/C32H37N5O3/c1-32(2,3)40-31(39)36-26-14-12-25(13-15-26)35-30(38)28-17-23-10-11-24(29(33)34)18-27(23)37(28)19-20-8-9-21-6-4-5-7-22(21)16-20/h4-11,16-18,25-26H,12-15,19H2,1-3H3,(H3,33,34)(H,35,38)(H,36,39). The summed E-state index contributed by atoms with van der Waals surface area (Å²) < 4.78 is 7.39. The van der Waals surface area contributed by atoms with Gasteiger partial charge in [0.1, 0.15) is 17.1 Å². The van der Waals surface area contributed by atoms with Crippen molar-refractivity contribution in [1.29, 1.82) is 5.41 Å². The lowest BCUT2D eigenvalue weighted by atomic mass is 9.91. The molecule has 3 aromatic carbocycles. The Morgan fingerprint density at radius 2 is 1.55 bits per heavy atom. The molecule has 0 unspecified atom stereocenters. The summed E-state index contributed by atoms with van der Waals surface area (Å²) in [4.78, 5) is 25.8. The number of fused-ring (bicyclic) bond motifs is 2. The molecule has 0 saturated heterocycles. The summed E-state index contributed by atoms with van der Waals surface area (Å²) in [6.07, 6.45) is 2.68. The highest BCUT2D eigenvalue weighted by molar-refractivity contribution is 6.02. The maximum absolute atomic E-state index is 13.7. The molecule has 1 heterocycles. The van der Waals surface area contributed by atoms with E-state index in [0.29, 0.717) is 17.8 Å². The first-order valence-corrected chi connectivity index (χ1v) is 13.8. The van der Waals surface area contributed by atoms with Crippen molar-refractivity contribution in [2.75, 3.05) is 0 Å². The Bertz CT molecular complexity index is 1570. The Kier molecular flexibility index (Phi) is 7.52. The minimum absolute atomic E-state index is 0.0110. The third kappa shape index (κ3) is 6.28. The molecule has 0 radical (unpaired) electrons. The summed E-state index contributed by atoms with van der Waals surface area (Å²) in [7, 11) is 0. The van der Waals surface area contributed by atoms with E-state index in [1.54, 1.807) is 0 Å². The summed E-state index contributed by atoms with van der Waals surface area (Å²) in [5, 5.41) is 17.3. The molecular weight excluding hydrogens is 502 g/mol. The highest BCUT2D eigenvalue weighted by Gasteiger charge is 2.27. The molecule has 1 fully saturated rings. The molecule has 4 aromatic rings. The van der Waals surface area contributed by atoms with Gasteiger partial charge in [0.25, 0.3) is 5.91 Å². The average molecular weight is 540 g/mol. The highest BCUT2D eigenvalue weighted by Crippen LogP contribution is 2.26. The summed E-state index contributed by atoms with van der Waals surface area (Å²) in [6.45, 7) is 6.04. The normalized spacial score (nSPS) is 17.5. The number of aromatic nitrogens is 1. The van der Waals surface area contributed by atoms with Gasteiger partial charge in [0.05, 0.1) is 0 Å². The zero-order chi connectivity index (χ0) is 28.4. The van der Waals surface area contributed by atoms with Crippen molar-refractivity contribution in [1.82, 2.24) is 15.2 Å². The van der Waals surface area contributed by atoms with Gasteiger partial charge in [0.15, 0.2) is 0 Å². The van der Waals surface area contributed by atoms with Gasteiger partial charge in [-0.3, -0.25) is 10.2 Å². The van der Waals surface area contributed by atoms with E-state index < -0.39 is 11.7 Å². The molecule has 1 aliphatic carbocycles. The SMILES string of the molecule is CC(C)(C)OC(=O)NC1CCC(NC(=O)c2cc3ccc(C(=N)N)cc3n2Cc2ccc3ccccc3c2)CC1. The molecule has 8 heteroatoms. The topological polar surface area (TPSA) is 122 Å². The van der Waals surface area contributed by atoms with Gasteiger partial charge in [-0.1, -0.05) is 48.5 Å². The lowest BCUT2D eigenvalue weighted by Crippen LogP contribution is -2.45. The summed E-state index contributed by atoms with van der Waals surface area (Å²) >= 11 is 0. The fraction of sp³-hybridized carbons (Fsp3) is 0.344. The van der Waals surface area contributed by atoms with E-state index in [9.17, 15) is 9.59 Å². The van der Waals surface area contributed by atoms with Gasteiger partial charge in [0.2, 0.25) is 0 Å². The van der Waals surface area contributed by atoms with E-state index in [-0.39, 0.29) is 23.8 Å². The molecule has 1 aliphatic rings. The van der Waals surface area contributed by atoms with E-state index in [1.807, 2.05) is 61.7 Å². The molecule has 1 saturated carbocycles. The van der Waals surface area contributed by atoms with Crippen LogP contribution in [0.2, 0.25) is 0 Å². The third-order valence-corrected chi connectivity index (χ3v) is 7.39. The number of nitrogens with zero attached hydrogens (tertiary/aromatic N) is 1. The van der Waals surface area contributed by atoms with E-state index >= 15 is 0 Å². The molecule has 0 spiro atoms. The molecule has 40 heavy (non-hydrogen) atoms. The zero-order valence-electron chi connectivity index (χ0n) is 23.3. The number of alkyl carbamates (subject to hydrolysis) is 1. The van der Waals surface area contributed by atoms with Crippen LogP contribution >= 0.6 is 0 Å². The first-order valence-electron chi connectivity index (χ1n) is 13.8. The number of carbonyl (C=O) groups is 2. The van der Waals surface area contributed by atoms with Gasteiger partial charge in [-0.05, 0) is 81.0 Å². The van der Waals surface area contributed by atoms with Crippen molar-refractivity contribution in [2.45, 2.75) is 70.7 Å². The predicted octanol–water partition coefficient (Wildman–Crippen LogP) is 5.69. The molecule has 2 amide bonds. The minimum atomic E-state index is -0.536. The number of amides is 2. The Balaban J connectivity index is 1.35. The minimum Gasteiger partial charge on any atom is -0.444 e. The van der Waals surface area contributed by atoms with Gasteiger partial charge in [-0.2, -0.15) is 0 Å². The molecule has 0 atom stereocenters. The number of ether oxygens (including phenoxy) is 1. The van der Waals surface area contributed by atoms with Gasteiger partial charge in [0, 0.05) is 35.1 Å². The second-order valence-electron chi connectivity index (χ2n) is 11.7. The average Bonchev–Trinajstić information content (AvgIpc) is 3.26. The van der Waals surface area contributed by atoms with Crippen LogP contribution in [0.15, 0.2) is 66.7 Å². The van der Waals surface area contributed by atoms with Crippen LogP contribution < -0.4 is 16.4 Å². The van der Waals surface area contributed by atoms with Crippen LogP contribution in [0.4, 0.5) is 4.79 Å². The molecule has 5 N–H and O–H groups in total. The van der Waals surface area contributed by atoms with Crippen LogP contribution in [0.5, 0.6) is 0 Å². The van der Waals surface area contributed by atoms with Crippen molar-refractivity contribution in [2.24, 2.45) is 5.73 Å². The third-order valence-electron chi connectivity index (χ3n) is 7.39. The monoisotopic (exact) mass is 539 g/mol. The van der Waals surface area contributed by atoms with Crippen molar-refractivity contribution in [3.63, 3.8) is 0 Å². The Labute approximate surface area is 234 Å². The number of hydrogen-bond acceptors (Lipinski definition) is 4. The Hall–Kier alpha value is -4.33. The van der Waals surface area contributed by atoms with Crippen molar-refractivity contribution in [3.05, 3.63) is 83.6 Å². The number of rotatable bonds is 6. The second kappa shape index (κ2) is 11.0. The maximum Gasteiger partial charge on any atom is 0.407 e. The fourth-order valence-electron chi connectivity index (χ4n) is 5.42. The first-order chi connectivity index (χ1) is 19.1. The second-order valence-corrected chi connectivity index (χ2v) is 11.7. The van der Waals surface area contributed by atoms with Gasteiger partial charge in [-0.15, -0.1) is 0 Å². The molecule has 5 rings (SSSR count). The van der Waals surface area contributed by atoms with Crippen LogP contribution in [0.25, 0.3) is 21.7 Å². The van der Waals surface area contributed by atoms with Gasteiger partial charge >= 0.3 is 6.09 Å². The number of nitrogens with two attached hydrogens (primary N) is 1. The number of benzene rings is 3. The summed E-state index contributed by atoms with van der Waals surface area (Å²) in [6, 6.07) is 22.1.